The summed E-state index contributed by atoms with van der Waals surface area (Å²) in [6, 6.07) is 17.4. The Kier molecular flexibility index (Phi) is 4.00. The Bertz CT molecular complexity index is 558. The highest BCUT2D eigenvalue weighted by molar-refractivity contribution is 5.89. The summed E-state index contributed by atoms with van der Waals surface area (Å²) in [7, 11) is 0. The van der Waals surface area contributed by atoms with Crippen molar-refractivity contribution < 1.29 is 9.90 Å². The van der Waals surface area contributed by atoms with E-state index >= 15 is 0 Å². The average Bonchev–Trinajstić information content (AvgIpc) is 2.40. The molecule has 2 rings (SSSR count). The molecule has 2 aromatic carbocycles. The number of carboxylic acid groups (broad SMARTS) is 1. The second-order valence-electron chi connectivity index (χ2n) is 5.02. The fourth-order valence-electron chi connectivity index (χ4n) is 2.55. The van der Waals surface area contributed by atoms with Gasteiger partial charge in [-0.3, -0.25) is 0 Å². The van der Waals surface area contributed by atoms with E-state index in [9.17, 15) is 9.90 Å². The van der Waals surface area contributed by atoms with Crippen LogP contribution in [-0.2, 0) is 0 Å². The molecule has 2 heteroatoms. The minimum Gasteiger partial charge on any atom is -0.478 e. The smallest absolute Gasteiger partial charge is 0.335 e. The van der Waals surface area contributed by atoms with Crippen molar-refractivity contribution in [3.8, 4) is 0 Å². The van der Waals surface area contributed by atoms with Crippen molar-refractivity contribution in [2.75, 3.05) is 0 Å². The molecule has 2 nitrogen and oxygen atoms in total. The first-order valence-electron chi connectivity index (χ1n) is 6.48. The number of carbonyl (C=O) groups is 1. The fourth-order valence-corrected chi connectivity index (χ4v) is 2.55. The molecule has 0 aromatic heterocycles. The van der Waals surface area contributed by atoms with Crippen LogP contribution in [-0.4, -0.2) is 11.1 Å². The van der Waals surface area contributed by atoms with Crippen molar-refractivity contribution in [3.63, 3.8) is 0 Å². The first-order valence-corrected chi connectivity index (χ1v) is 6.48. The lowest BCUT2D eigenvalue weighted by molar-refractivity contribution is 0.0695. The Balaban J connectivity index is 2.55. The van der Waals surface area contributed by atoms with Crippen LogP contribution in [0.25, 0.3) is 0 Å². The van der Waals surface area contributed by atoms with Crippen LogP contribution in [0.4, 0.5) is 0 Å². The lowest BCUT2D eigenvalue weighted by Crippen LogP contribution is -2.13. The quantitative estimate of drug-likeness (QED) is 0.889. The van der Waals surface area contributed by atoms with Gasteiger partial charge < -0.3 is 5.11 Å². The molecule has 0 radical (unpaired) electrons. The van der Waals surface area contributed by atoms with Crippen molar-refractivity contribution in [1.82, 2.24) is 0 Å². The van der Waals surface area contributed by atoms with Gasteiger partial charge in [0.25, 0.3) is 0 Å². The Hall–Kier alpha value is -2.09. The zero-order valence-electron chi connectivity index (χ0n) is 11.2. The highest BCUT2D eigenvalue weighted by Gasteiger charge is 2.22. The van der Waals surface area contributed by atoms with Gasteiger partial charge in [0.1, 0.15) is 0 Å². The van der Waals surface area contributed by atoms with E-state index in [1.165, 1.54) is 0 Å². The van der Waals surface area contributed by atoms with Gasteiger partial charge in [-0.15, -0.1) is 0 Å². The zero-order valence-corrected chi connectivity index (χ0v) is 11.2. The maximum absolute atomic E-state index is 11.4. The molecule has 0 aliphatic rings. The van der Waals surface area contributed by atoms with Crippen molar-refractivity contribution >= 4 is 5.97 Å². The average molecular weight is 254 g/mol. The molecule has 2 aromatic rings. The molecule has 0 heterocycles. The van der Waals surface area contributed by atoms with Crippen LogP contribution >= 0.6 is 0 Å². The van der Waals surface area contributed by atoms with Gasteiger partial charge in [-0.25, -0.2) is 4.79 Å². The lowest BCUT2D eigenvalue weighted by atomic mass is 9.80. The summed E-state index contributed by atoms with van der Waals surface area (Å²) in [6.45, 7) is 4.24. The molecule has 1 unspecified atom stereocenters. The summed E-state index contributed by atoms with van der Waals surface area (Å²) < 4.78 is 0. The van der Waals surface area contributed by atoms with E-state index in [1.807, 2.05) is 30.3 Å². The Morgan fingerprint density at radius 3 is 2.11 bits per heavy atom. The Morgan fingerprint density at radius 2 is 1.53 bits per heavy atom. The number of benzene rings is 2. The van der Waals surface area contributed by atoms with Crippen LogP contribution in [0.3, 0.4) is 0 Å². The minimum absolute atomic E-state index is 0.105. The van der Waals surface area contributed by atoms with E-state index in [0.29, 0.717) is 11.5 Å². The van der Waals surface area contributed by atoms with Gasteiger partial charge in [0, 0.05) is 5.92 Å². The molecule has 0 saturated heterocycles. The monoisotopic (exact) mass is 254 g/mol. The molecule has 1 N–H and O–H groups in total. The number of rotatable bonds is 4. The summed E-state index contributed by atoms with van der Waals surface area (Å²) in [6.07, 6.45) is 0. The van der Waals surface area contributed by atoms with Gasteiger partial charge in [0.2, 0.25) is 0 Å². The summed E-state index contributed by atoms with van der Waals surface area (Å²) in [5, 5.41) is 9.34. The molecule has 0 fully saturated rings. The third-order valence-corrected chi connectivity index (χ3v) is 3.35. The first kappa shape index (κ1) is 13.3. The van der Waals surface area contributed by atoms with E-state index in [2.05, 4.69) is 26.0 Å². The van der Waals surface area contributed by atoms with Gasteiger partial charge in [0.15, 0.2) is 0 Å². The fraction of sp³-hybridized carbons (Fsp3) is 0.235. The summed E-state index contributed by atoms with van der Waals surface area (Å²) in [4.78, 5) is 11.4. The molecule has 0 aliphatic heterocycles. The van der Waals surface area contributed by atoms with Gasteiger partial charge in [-0.1, -0.05) is 62.4 Å². The zero-order chi connectivity index (χ0) is 13.8. The molecule has 0 bridgehead atoms. The van der Waals surface area contributed by atoms with Crippen molar-refractivity contribution in [2.45, 2.75) is 19.8 Å². The Morgan fingerprint density at radius 1 is 0.947 bits per heavy atom. The number of hydrogen-bond donors (Lipinski definition) is 1. The van der Waals surface area contributed by atoms with Crippen molar-refractivity contribution in [1.29, 1.82) is 0 Å². The summed E-state index contributed by atoms with van der Waals surface area (Å²) in [5.74, 6) is -0.423. The predicted octanol–water partition coefficient (Wildman–Crippen LogP) is 4.17. The van der Waals surface area contributed by atoms with Crippen molar-refractivity contribution in [3.05, 3.63) is 71.3 Å². The van der Waals surface area contributed by atoms with Crippen LogP contribution < -0.4 is 0 Å². The molecule has 0 saturated carbocycles. The van der Waals surface area contributed by atoms with Crippen LogP contribution in [0.2, 0.25) is 0 Å². The molecular formula is C17H18O2. The minimum atomic E-state index is -0.864. The Labute approximate surface area is 113 Å². The molecule has 0 amide bonds. The topological polar surface area (TPSA) is 37.3 Å². The normalized spacial score (nSPS) is 12.4. The highest BCUT2D eigenvalue weighted by Crippen LogP contribution is 2.33. The highest BCUT2D eigenvalue weighted by atomic mass is 16.4. The standard InChI is InChI=1S/C17H18O2/c1-12(2)16(13-8-4-3-5-9-13)14-10-6-7-11-15(14)17(18)19/h3-12,16H,1-2H3,(H,18,19). The number of carboxylic acids is 1. The van der Waals surface area contributed by atoms with Crippen molar-refractivity contribution in [2.24, 2.45) is 5.92 Å². The third kappa shape index (κ3) is 2.84. The van der Waals surface area contributed by atoms with E-state index in [4.69, 9.17) is 0 Å². The van der Waals surface area contributed by atoms with E-state index in [-0.39, 0.29) is 5.92 Å². The molecule has 98 valence electrons. The third-order valence-electron chi connectivity index (χ3n) is 3.35. The van der Waals surface area contributed by atoms with Crippen LogP contribution in [0.15, 0.2) is 54.6 Å². The second-order valence-corrected chi connectivity index (χ2v) is 5.02. The summed E-state index contributed by atoms with van der Waals surface area (Å²) in [5.41, 5.74) is 2.44. The maximum Gasteiger partial charge on any atom is 0.335 e. The van der Waals surface area contributed by atoms with Gasteiger partial charge in [-0.2, -0.15) is 0 Å². The van der Waals surface area contributed by atoms with Gasteiger partial charge in [0.05, 0.1) is 5.56 Å². The molecular weight excluding hydrogens is 236 g/mol. The second kappa shape index (κ2) is 5.70. The van der Waals surface area contributed by atoms with Gasteiger partial charge >= 0.3 is 5.97 Å². The predicted molar refractivity (Wildman–Crippen MR) is 76.5 cm³/mol. The van der Waals surface area contributed by atoms with Crippen LogP contribution in [0.5, 0.6) is 0 Å². The molecule has 19 heavy (non-hydrogen) atoms. The molecule has 0 spiro atoms. The SMILES string of the molecule is CC(C)C(c1ccccc1)c1ccccc1C(=O)O. The van der Waals surface area contributed by atoms with E-state index in [0.717, 1.165) is 11.1 Å². The number of aromatic carboxylic acids is 1. The maximum atomic E-state index is 11.4. The molecule has 0 aliphatic carbocycles. The first-order chi connectivity index (χ1) is 9.11. The molecule has 1 atom stereocenters. The van der Waals surface area contributed by atoms with Crippen LogP contribution in [0, 0.1) is 5.92 Å². The van der Waals surface area contributed by atoms with Crippen LogP contribution in [0.1, 0.15) is 41.3 Å². The van der Waals surface area contributed by atoms with E-state index in [1.54, 1.807) is 12.1 Å². The summed E-state index contributed by atoms with van der Waals surface area (Å²) >= 11 is 0. The largest absolute Gasteiger partial charge is 0.478 e. The number of hydrogen-bond acceptors (Lipinski definition) is 1. The van der Waals surface area contributed by atoms with E-state index < -0.39 is 5.97 Å². The van der Waals surface area contributed by atoms with Gasteiger partial charge in [-0.05, 0) is 23.1 Å². The lowest BCUT2D eigenvalue weighted by Gasteiger charge is -2.23.